The molecule has 0 amide bonds. The average molecular weight is 440 g/mol. The van der Waals surface area contributed by atoms with Crippen molar-refractivity contribution < 1.29 is 51.0 Å². The summed E-state index contributed by atoms with van der Waals surface area (Å²) in [5.41, 5.74) is 0. The third kappa shape index (κ3) is 10.5. The van der Waals surface area contributed by atoms with E-state index in [9.17, 15) is 22.8 Å². The zero-order chi connectivity index (χ0) is 22.0. The lowest BCUT2D eigenvalue weighted by Gasteiger charge is -2.40. The fourth-order valence-electron chi connectivity index (χ4n) is 2.79. The second-order valence-electron chi connectivity index (χ2n) is 6.57. The average Bonchev–Trinajstić information content (AvgIpc) is 2.56. The number of hydrogen-bond acceptors (Lipinski definition) is 10. The fourth-order valence-corrected chi connectivity index (χ4v) is 3.36. The van der Waals surface area contributed by atoms with Gasteiger partial charge < -0.3 is 23.7 Å². The van der Waals surface area contributed by atoms with Gasteiger partial charge in [0.2, 0.25) is 0 Å². The Morgan fingerprint density at radius 3 is 2.00 bits per heavy atom. The van der Waals surface area contributed by atoms with Gasteiger partial charge in [0.15, 0.2) is 24.6 Å². The highest BCUT2D eigenvalue weighted by Crippen LogP contribution is 2.25. The molecule has 1 aliphatic rings. The Labute approximate surface area is 169 Å². The van der Waals surface area contributed by atoms with Gasteiger partial charge in [-0.15, -0.1) is 0 Å². The molecule has 0 aromatic carbocycles. The molecule has 0 aromatic heterocycles. The quantitative estimate of drug-likeness (QED) is 0.208. The van der Waals surface area contributed by atoms with Gasteiger partial charge in [0.1, 0.15) is 0 Å². The van der Waals surface area contributed by atoms with Gasteiger partial charge in [0.05, 0.1) is 12.4 Å². The third-order valence-corrected chi connectivity index (χ3v) is 4.69. The standard InChI is InChI=1S/C17H28O11S/c1-11(18)26-14-10-25-17(16(28-13(3)20)15(14)27-12(2)19)24-8-6-4-5-7-9-29(21,22)23/h14-17H,4-10H2,1-3H3,(H,21,22,23)/t14-,15+,16-,17-/m1/s1. The fraction of sp³-hybridized carbons (Fsp3) is 0.824. The van der Waals surface area contributed by atoms with Crippen molar-refractivity contribution in [3.05, 3.63) is 0 Å². The molecule has 0 bridgehead atoms. The molecule has 1 N–H and O–H groups in total. The van der Waals surface area contributed by atoms with Crippen LogP contribution in [-0.4, -0.2) is 74.4 Å². The van der Waals surface area contributed by atoms with Crippen molar-refractivity contribution in [2.45, 2.75) is 71.1 Å². The van der Waals surface area contributed by atoms with E-state index in [1.54, 1.807) is 0 Å². The number of esters is 3. The summed E-state index contributed by atoms with van der Waals surface area (Å²) < 4.78 is 56.6. The van der Waals surface area contributed by atoms with Gasteiger partial charge in [-0.05, 0) is 12.8 Å². The molecule has 1 saturated heterocycles. The maximum absolute atomic E-state index is 11.5. The molecule has 1 aliphatic heterocycles. The van der Waals surface area contributed by atoms with Crippen molar-refractivity contribution in [2.24, 2.45) is 0 Å². The molecule has 0 radical (unpaired) electrons. The minimum atomic E-state index is -3.96. The van der Waals surface area contributed by atoms with E-state index in [0.717, 1.165) is 0 Å². The normalized spacial score (nSPS) is 24.6. The summed E-state index contributed by atoms with van der Waals surface area (Å²) >= 11 is 0. The van der Waals surface area contributed by atoms with Gasteiger partial charge >= 0.3 is 17.9 Å². The van der Waals surface area contributed by atoms with Crippen molar-refractivity contribution in [1.29, 1.82) is 0 Å². The molecule has 0 unspecified atom stereocenters. The zero-order valence-electron chi connectivity index (χ0n) is 16.7. The summed E-state index contributed by atoms with van der Waals surface area (Å²) in [5, 5.41) is 0. The predicted octanol–water partition coefficient (Wildman–Crippen LogP) is 0.603. The molecular weight excluding hydrogens is 412 g/mol. The number of carbonyl (C=O) groups is 3. The SMILES string of the molecule is CC(=O)O[C@@H]1[C@@H](OC(C)=O)[C@H](OCCCCCCS(=O)(=O)O)OC[C@H]1OC(C)=O. The van der Waals surface area contributed by atoms with Crippen LogP contribution in [0.4, 0.5) is 0 Å². The minimum absolute atomic E-state index is 0.117. The maximum Gasteiger partial charge on any atom is 0.303 e. The smallest absolute Gasteiger partial charge is 0.303 e. The first-order valence-corrected chi connectivity index (χ1v) is 10.8. The van der Waals surface area contributed by atoms with Crippen molar-refractivity contribution in [3.8, 4) is 0 Å². The lowest BCUT2D eigenvalue weighted by Crippen LogP contribution is -2.58. The van der Waals surface area contributed by atoms with Crippen LogP contribution in [0.3, 0.4) is 0 Å². The third-order valence-electron chi connectivity index (χ3n) is 3.88. The Balaban J connectivity index is 2.63. The van der Waals surface area contributed by atoms with E-state index in [1.807, 2.05) is 0 Å². The molecule has 29 heavy (non-hydrogen) atoms. The molecule has 1 fully saturated rings. The van der Waals surface area contributed by atoms with Gasteiger partial charge in [-0.25, -0.2) is 0 Å². The Morgan fingerprint density at radius 2 is 1.45 bits per heavy atom. The summed E-state index contributed by atoms with van der Waals surface area (Å²) in [6.07, 6.45) is -2.11. The van der Waals surface area contributed by atoms with E-state index >= 15 is 0 Å². The van der Waals surface area contributed by atoms with Crippen LogP contribution in [0, 0.1) is 0 Å². The Kier molecular flexibility index (Phi) is 10.5. The van der Waals surface area contributed by atoms with E-state index in [2.05, 4.69) is 0 Å². The maximum atomic E-state index is 11.5. The molecule has 1 heterocycles. The molecule has 11 nitrogen and oxygen atoms in total. The molecule has 12 heteroatoms. The van der Waals surface area contributed by atoms with Crippen molar-refractivity contribution in [3.63, 3.8) is 0 Å². The van der Waals surface area contributed by atoms with Crippen LogP contribution >= 0.6 is 0 Å². The molecule has 0 aromatic rings. The molecule has 4 atom stereocenters. The van der Waals surface area contributed by atoms with Crippen molar-refractivity contribution in [2.75, 3.05) is 19.0 Å². The lowest BCUT2D eigenvalue weighted by molar-refractivity contribution is -0.281. The highest BCUT2D eigenvalue weighted by Gasteiger charge is 2.47. The number of unbranched alkanes of at least 4 members (excludes halogenated alkanes) is 3. The highest BCUT2D eigenvalue weighted by atomic mass is 32.2. The van der Waals surface area contributed by atoms with Crippen LogP contribution in [0.1, 0.15) is 46.5 Å². The largest absolute Gasteiger partial charge is 0.456 e. The minimum Gasteiger partial charge on any atom is -0.456 e. The Morgan fingerprint density at radius 1 is 0.897 bits per heavy atom. The van der Waals surface area contributed by atoms with Crippen LogP contribution < -0.4 is 0 Å². The van der Waals surface area contributed by atoms with Gasteiger partial charge in [-0.2, -0.15) is 8.42 Å². The first-order valence-electron chi connectivity index (χ1n) is 9.19. The predicted molar refractivity (Wildman–Crippen MR) is 97.2 cm³/mol. The monoisotopic (exact) mass is 440 g/mol. The second-order valence-corrected chi connectivity index (χ2v) is 8.14. The number of rotatable bonds is 11. The summed E-state index contributed by atoms with van der Waals surface area (Å²) in [7, 11) is -3.96. The molecular formula is C17H28O11S. The molecule has 1 rings (SSSR count). The van der Waals surface area contributed by atoms with Gasteiger partial charge in [0.25, 0.3) is 10.1 Å². The highest BCUT2D eigenvalue weighted by molar-refractivity contribution is 7.85. The second kappa shape index (κ2) is 12.1. The molecule has 0 spiro atoms. The summed E-state index contributed by atoms with van der Waals surface area (Å²) in [6.45, 7) is 3.63. The number of carbonyl (C=O) groups excluding carboxylic acids is 3. The molecule has 0 aliphatic carbocycles. The number of hydrogen-bond donors (Lipinski definition) is 1. The van der Waals surface area contributed by atoms with Crippen LogP contribution in [0.15, 0.2) is 0 Å². The zero-order valence-corrected chi connectivity index (χ0v) is 17.5. The topological polar surface area (TPSA) is 152 Å². The first-order chi connectivity index (χ1) is 13.5. The van der Waals surface area contributed by atoms with Gasteiger partial charge in [-0.1, -0.05) is 12.8 Å². The van der Waals surface area contributed by atoms with Crippen molar-refractivity contribution >= 4 is 28.0 Å². The lowest BCUT2D eigenvalue weighted by atomic mass is 10.0. The van der Waals surface area contributed by atoms with Crippen LogP contribution in [0.2, 0.25) is 0 Å². The summed E-state index contributed by atoms with van der Waals surface area (Å²) in [5.74, 6) is -2.21. The number of ether oxygens (including phenoxy) is 5. The van der Waals surface area contributed by atoms with Gasteiger partial charge in [0, 0.05) is 27.4 Å². The van der Waals surface area contributed by atoms with E-state index in [1.165, 1.54) is 20.8 Å². The summed E-state index contributed by atoms with van der Waals surface area (Å²) in [4.78, 5) is 34.3. The van der Waals surface area contributed by atoms with Crippen LogP contribution in [0.25, 0.3) is 0 Å². The summed E-state index contributed by atoms with van der Waals surface area (Å²) in [6, 6.07) is 0. The van der Waals surface area contributed by atoms with Crippen LogP contribution in [0.5, 0.6) is 0 Å². The van der Waals surface area contributed by atoms with E-state index < -0.39 is 52.6 Å². The van der Waals surface area contributed by atoms with E-state index in [0.29, 0.717) is 25.7 Å². The van der Waals surface area contributed by atoms with Crippen LogP contribution in [-0.2, 0) is 48.2 Å². The van der Waals surface area contributed by atoms with Crippen molar-refractivity contribution in [1.82, 2.24) is 0 Å². The first kappa shape index (κ1) is 25.3. The van der Waals surface area contributed by atoms with Gasteiger partial charge in [-0.3, -0.25) is 18.9 Å². The Hall–Kier alpha value is -1.76. The van der Waals surface area contributed by atoms with E-state index in [-0.39, 0.29) is 19.0 Å². The van der Waals surface area contributed by atoms with E-state index in [4.69, 9.17) is 28.2 Å². The molecule has 0 saturated carbocycles. The Bertz CT molecular complexity index is 660. The molecule has 168 valence electrons.